The number of rotatable bonds is 14. The van der Waals surface area contributed by atoms with Crippen LogP contribution in [0.1, 0.15) is 121 Å². The van der Waals surface area contributed by atoms with E-state index in [1.54, 1.807) is 0 Å². The highest BCUT2D eigenvalue weighted by Crippen LogP contribution is 2.44. The Morgan fingerprint density at radius 2 is 1.18 bits per heavy atom. The smallest absolute Gasteiger partial charge is 0.309 e. The van der Waals surface area contributed by atoms with E-state index in [9.17, 15) is 15.0 Å². The van der Waals surface area contributed by atoms with E-state index in [-0.39, 0.29) is 22.9 Å². The summed E-state index contributed by atoms with van der Waals surface area (Å²) in [6, 6.07) is 0. The second-order valence-corrected chi connectivity index (χ2v) is 15.8. The summed E-state index contributed by atoms with van der Waals surface area (Å²) in [4.78, 5) is 16.8. The highest BCUT2D eigenvalue weighted by atomic mass is 32.2. The predicted octanol–water partition coefficient (Wildman–Crippen LogP) is 10.9. The number of aliphatic hydroxyl groups excluding tert-OH is 1. The maximum Gasteiger partial charge on any atom is 0.309 e. The van der Waals surface area contributed by atoms with Crippen LogP contribution in [0.5, 0.6) is 0 Å². The van der Waals surface area contributed by atoms with E-state index < -0.39 is 11.4 Å². The van der Waals surface area contributed by atoms with Crippen LogP contribution in [0.3, 0.4) is 0 Å². The first kappa shape index (κ1) is 35.9. The van der Waals surface area contributed by atoms with Crippen molar-refractivity contribution in [2.75, 3.05) is 6.61 Å². The molecule has 3 nitrogen and oxygen atoms in total. The summed E-state index contributed by atoms with van der Waals surface area (Å²) in [7, 11) is 0. The van der Waals surface area contributed by atoms with Crippen LogP contribution >= 0.6 is 23.5 Å². The molecular formula is C34H56O3S2. The average molecular weight is 577 g/mol. The van der Waals surface area contributed by atoms with Gasteiger partial charge in [0.2, 0.25) is 0 Å². The minimum absolute atomic E-state index is 0.0152. The number of aliphatic carboxylic acids is 1. The quantitative estimate of drug-likeness (QED) is 0.201. The fourth-order valence-corrected chi connectivity index (χ4v) is 7.42. The van der Waals surface area contributed by atoms with Crippen LogP contribution < -0.4 is 0 Å². The lowest BCUT2D eigenvalue weighted by Gasteiger charge is -2.26. The van der Waals surface area contributed by atoms with Crippen LogP contribution in [-0.4, -0.2) is 22.8 Å². The third kappa shape index (κ3) is 13.8. The molecule has 0 bridgehead atoms. The maximum atomic E-state index is 11.4. The molecule has 0 aromatic carbocycles. The first-order valence-electron chi connectivity index (χ1n) is 14.8. The van der Waals surface area contributed by atoms with Crippen LogP contribution in [0.15, 0.2) is 56.1 Å². The third-order valence-electron chi connectivity index (χ3n) is 7.01. The van der Waals surface area contributed by atoms with Crippen LogP contribution in [0.4, 0.5) is 0 Å². The van der Waals surface area contributed by atoms with E-state index in [0.717, 1.165) is 44.9 Å². The van der Waals surface area contributed by atoms with Crippen molar-refractivity contribution in [2.24, 2.45) is 21.7 Å². The Bertz CT molecular complexity index is 959. The molecule has 0 fully saturated rings. The van der Waals surface area contributed by atoms with Crippen LogP contribution in [-0.2, 0) is 4.79 Å². The highest BCUT2D eigenvalue weighted by Gasteiger charge is 2.27. The van der Waals surface area contributed by atoms with Crippen molar-refractivity contribution in [1.29, 1.82) is 0 Å². The monoisotopic (exact) mass is 576 g/mol. The molecule has 0 spiro atoms. The van der Waals surface area contributed by atoms with E-state index in [2.05, 4.69) is 78.0 Å². The molecule has 0 saturated heterocycles. The summed E-state index contributed by atoms with van der Waals surface area (Å²) < 4.78 is 0. The second kappa shape index (κ2) is 15.7. The number of aliphatic hydroxyl groups is 1. The lowest BCUT2D eigenvalue weighted by atomic mass is 9.87. The van der Waals surface area contributed by atoms with Gasteiger partial charge in [-0.25, -0.2) is 0 Å². The standard InChI is InChI=1S/C32H50O3S2.C2H6/c1-29(2,23-33)17-11-9-13-24-19-30(3,4)21-26(36-24)15-16-27-22-31(5,6)20-25(37-27)14-10-12-18-32(7,8)28(34)35;1-2/h15-16,19-22,33H,9-14,17-18,23H2,1-8H3,(H,34,35);1-2H3/b16-15-;. The van der Waals surface area contributed by atoms with Gasteiger partial charge in [-0.05, 0) is 79.7 Å². The van der Waals surface area contributed by atoms with Gasteiger partial charge >= 0.3 is 5.97 Å². The first-order chi connectivity index (χ1) is 18.0. The Hall–Kier alpha value is -1.17. The molecule has 2 rings (SSSR count). The largest absolute Gasteiger partial charge is 0.481 e. The molecule has 0 unspecified atom stereocenters. The Kier molecular flexibility index (Phi) is 14.5. The SMILES string of the molecule is CC.CC1(C)C=C(/C=C\C2=CC(C)(C)C=C(CCCCC(C)(C)C(=O)O)S2)SC(CCCCC(C)(C)CO)=C1. The fraction of sp³-hybridized carbons (Fsp3) is 0.676. The zero-order valence-electron chi connectivity index (χ0n) is 26.4. The van der Waals surface area contributed by atoms with E-state index in [1.807, 2.05) is 51.2 Å². The van der Waals surface area contributed by atoms with Crippen molar-refractivity contribution in [3.05, 3.63) is 56.1 Å². The molecule has 39 heavy (non-hydrogen) atoms. The number of hydrogen-bond donors (Lipinski definition) is 2. The summed E-state index contributed by atoms with van der Waals surface area (Å²) in [5, 5.41) is 18.9. The molecule has 0 aromatic rings. The average Bonchev–Trinajstić information content (AvgIpc) is 2.83. The summed E-state index contributed by atoms with van der Waals surface area (Å²) in [5.74, 6) is -0.711. The van der Waals surface area contributed by atoms with Gasteiger partial charge in [0.15, 0.2) is 0 Å². The van der Waals surface area contributed by atoms with Crippen molar-refractivity contribution in [3.63, 3.8) is 0 Å². The van der Waals surface area contributed by atoms with Crippen LogP contribution in [0, 0.1) is 21.7 Å². The molecule has 0 radical (unpaired) electrons. The molecule has 0 atom stereocenters. The summed E-state index contributed by atoms with van der Waals surface area (Å²) in [5.41, 5.74) is -0.569. The highest BCUT2D eigenvalue weighted by molar-refractivity contribution is 8.07. The van der Waals surface area contributed by atoms with Crippen LogP contribution in [0.25, 0.3) is 0 Å². The molecule has 0 amide bonds. The summed E-state index contributed by atoms with van der Waals surface area (Å²) in [6.07, 6.45) is 22.2. The van der Waals surface area contributed by atoms with Crippen LogP contribution in [0.2, 0.25) is 0 Å². The van der Waals surface area contributed by atoms with Crippen molar-refractivity contribution < 1.29 is 15.0 Å². The lowest BCUT2D eigenvalue weighted by Crippen LogP contribution is -2.23. The molecule has 0 saturated carbocycles. The number of carbonyl (C=O) groups is 1. The van der Waals surface area contributed by atoms with Gasteiger partial charge in [0.1, 0.15) is 0 Å². The molecular weight excluding hydrogens is 521 g/mol. The van der Waals surface area contributed by atoms with Gasteiger partial charge in [-0.3, -0.25) is 4.79 Å². The van der Waals surface area contributed by atoms with E-state index >= 15 is 0 Å². The molecule has 2 heterocycles. The van der Waals surface area contributed by atoms with Gasteiger partial charge in [0, 0.05) is 27.2 Å². The third-order valence-corrected chi connectivity index (χ3v) is 9.16. The summed E-state index contributed by atoms with van der Waals surface area (Å²) in [6.45, 7) is 21.2. The normalized spacial score (nSPS) is 18.9. The minimum Gasteiger partial charge on any atom is -0.481 e. The zero-order chi connectivity index (χ0) is 29.9. The molecule has 222 valence electrons. The number of carboxylic acid groups (broad SMARTS) is 1. The second-order valence-electron chi connectivity index (χ2n) is 13.4. The Morgan fingerprint density at radius 3 is 1.56 bits per heavy atom. The molecule has 0 aromatic heterocycles. The van der Waals surface area contributed by atoms with Gasteiger partial charge in [-0.1, -0.05) is 116 Å². The number of allylic oxidation sites excluding steroid dienone is 8. The maximum absolute atomic E-state index is 11.4. The number of hydrogen-bond acceptors (Lipinski definition) is 4. The molecule has 0 aliphatic carbocycles. The Morgan fingerprint density at radius 1 is 0.769 bits per heavy atom. The van der Waals surface area contributed by atoms with Gasteiger partial charge in [0.25, 0.3) is 0 Å². The minimum atomic E-state index is -0.711. The van der Waals surface area contributed by atoms with Gasteiger partial charge < -0.3 is 10.2 Å². The topological polar surface area (TPSA) is 57.5 Å². The van der Waals surface area contributed by atoms with Gasteiger partial charge in [-0.15, -0.1) is 0 Å². The van der Waals surface area contributed by atoms with E-state index in [0.29, 0.717) is 6.42 Å². The molecule has 5 heteroatoms. The number of carboxylic acids is 1. The first-order valence-corrected chi connectivity index (χ1v) is 16.4. The number of unbranched alkanes of at least 4 members (excludes halogenated alkanes) is 2. The van der Waals surface area contributed by atoms with Crippen molar-refractivity contribution >= 4 is 29.5 Å². The Balaban J connectivity index is 0.00000371. The lowest BCUT2D eigenvalue weighted by molar-refractivity contribution is -0.147. The number of thioether (sulfide) groups is 2. The Labute approximate surface area is 248 Å². The van der Waals surface area contributed by atoms with Crippen molar-refractivity contribution in [3.8, 4) is 0 Å². The molecule has 2 N–H and O–H groups in total. The molecule has 2 aliphatic heterocycles. The van der Waals surface area contributed by atoms with E-state index in [1.165, 1.54) is 19.6 Å². The van der Waals surface area contributed by atoms with Crippen molar-refractivity contribution in [1.82, 2.24) is 0 Å². The van der Waals surface area contributed by atoms with E-state index in [4.69, 9.17) is 0 Å². The van der Waals surface area contributed by atoms with Crippen molar-refractivity contribution in [2.45, 2.75) is 121 Å². The van der Waals surface area contributed by atoms with Gasteiger partial charge in [-0.2, -0.15) is 0 Å². The zero-order valence-corrected chi connectivity index (χ0v) is 28.1. The van der Waals surface area contributed by atoms with Gasteiger partial charge in [0.05, 0.1) is 5.41 Å². The molecule has 2 aliphatic rings. The predicted molar refractivity (Wildman–Crippen MR) is 175 cm³/mol. The summed E-state index contributed by atoms with van der Waals surface area (Å²) >= 11 is 3.75. The fourth-order valence-electron chi connectivity index (χ4n) is 4.60.